The SMILES string of the molecule is CCCOc1ccc(N2C(=O)CC(NCCc3ccc(OC)cc3)C2=O)cc1. The molecule has 2 aromatic rings. The van der Waals surface area contributed by atoms with Crippen LogP contribution in [0.2, 0.25) is 0 Å². The van der Waals surface area contributed by atoms with E-state index in [1.165, 1.54) is 4.90 Å². The van der Waals surface area contributed by atoms with Gasteiger partial charge >= 0.3 is 0 Å². The molecule has 1 atom stereocenters. The second-order valence-corrected chi connectivity index (χ2v) is 6.72. The van der Waals surface area contributed by atoms with E-state index in [0.717, 1.165) is 29.9 Å². The fourth-order valence-electron chi connectivity index (χ4n) is 3.16. The number of benzene rings is 2. The van der Waals surface area contributed by atoms with Crippen molar-refractivity contribution in [2.75, 3.05) is 25.2 Å². The summed E-state index contributed by atoms with van der Waals surface area (Å²) in [5.41, 5.74) is 1.72. The quantitative estimate of drug-likeness (QED) is 0.676. The zero-order valence-corrected chi connectivity index (χ0v) is 16.3. The summed E-state index contributed by atoms with van der Waals surface area (Å²) in [6.07, 6.45) is 1.87. The maximum absolute atomic E-state index is 12.7. The van der Waals surface area contributed by atoms with E-state index in [0.29, 0.717) is 18.8 Å². The number of carbonyl (C=O) groups is 2. The third kappa shape index (κ3) is 4.70. The van der Waals surface area contributed by atoms with Gasteiger partial charge < -0.3 is 14.8 Å². The van der Waals surface area contributed by atoms with Crippen LogP contribution in [0.4, 0.5) is 5.69 Å². The Hall–Kier alpha value is -2.86. The molecule has 0 radical (unpaired) electrons. The van der Waals surface area contributed by atoms with Crippen molar-refractivity contribution in [3.05, 3.63) is 54.1 Å². The second kappa shape index (κ2) is 9.37. The molecule has 148 valence electrons. The van der Waals surface area contributed by atoms with Gasteiger partial charge in [-0.2, -0.15) is 0 Å². The Labute approximate surface area is 165 Å². The number of rotatable bonds is 9. The van der Waals surface area contributed by atoms with Crippen molar-refractivity contribution < 1.29 is 19.1 Å². The lowest BCUT2D eigenvalue weighted by atomic mass is 10.1. The van der Waals surface area contributed by atoms with Gasteiger partial charge in [-0.05, 0) is 61.3 Å². The normalized spacial score (nSPS) is 16.5. The molecule has 1 aliphatic heterocycles. The lowest BCUT2D eigenvalue weighted by molar-refractivity contribution is -0.121. The molecule has 0 aliphatic carbocycles. The maximum Gasteiger partial charge on any atom is 0.251 e. The summed E-state index contributed by atoms with van der Waals surface area (Å²) in [7, 11) is 1.64. The molecule has 1 unspecified atom stereocenters. The third-order valence-electron chi connectivity index (χ3n) is 4.68. The van der Waals surface area contributed by atoms with Gasteiger partial charge in [0, 0.05) is 0 Å². The molecule has 2 aromatic carbocycles. The van der Waals surface area contributed by atoms with Crippen LogP contribution in [0.3, 0.4) is 0 Å². The fraction of sp³-hybridized carbons (Fsp3) is 0.364. The number of ether oxygens (including phenoxy) is 2. The number of imide groups is 1. The molecule has 1 fully saturated rings. The highest BCUT2D eigenvalue weighted by molar-refractivity contribution is 6.22. The van der Waals surface area contributed by atoms with Crippen molar-refractivity contribution in [1.29, 1.82) is 0 Å². The largest absolute Gasteiger partial charge is 0.497 e. The molecule has 1 aliphatic rings. The van der Waals surface area contributed by atoms with Gasteiger partial charge in [-0.15, -0.1) is 0 Å². The first-order valence-electron chi connectivity index (χ1n) is 9.58. The van der Waals surface area contributed by atoms with Crippen LogP contribution in [0.1, 0.15) is 25.3 Å². The van der Waals surface area contributed by atoms with Crippen LogP contribution in [0.25, 0.3) is 0 Å². The Bertz CT molecular complexity index is 802. The topological polar surface area (TPSA) is 67.9 Å². The summed E-state index contributed by atoms with van der Waals surface area (Å²) in [4.78, 5) is 26.3. The average Bonchev–Trinajstić information content (AvgIpc) is 3.00. The number of amides is 2. The van der Waals surface area contributed by atoms with Gasteiger partial charge in [0.15, 0.2) is 0 Å². The number of carbonyl (C=O) groups excluding carboxylic acids is 2. The van der Waals surface area contributed by atoms with Gasteiger partial charge in [0.25, 0.3) is 5.91 Å². The van der Waals surface area contributed by atoms with E-state index in [1.54, 1.807) is 31.4 Å². The van der Waals surface area contributed by atoms with Crippen molar-refractivity contribution >= 4 is 17.5 Å². The van der Waals surface area contributed by atoms with Gasteiger partial charge in [-0.3, -0.25) is 9.59 Å². The van der Waals surface area contributed by atoms with Crippen molar-refractivity contribution in [1.82, 2.24) is 5.32 Å². The molecule has 28 heavy (non-hydrogen) atoms. The van der Waals surface area contributed by atoms with Crippen LogP contribution < -0.4 is 19.7 Å². The summed E-state index contributed by atoms with van der Waals surface area (Å²) in [6, 6.07) is 14.4. The number of methoxy groups -OCH3 is 1. The predicted octanol–water partition coefficient (Wildman–Crippen LogP) is 2.95. The highest BCUT2D eigenvalue weighted by Gasteiger charge is 2.39. The van der Waals surface area contributed by atoms with E-state index in [9.17, 15) is 9.59 Å². The van der Waals surface area contributed by atoms with E-state index in [-0.39, 0.29) is 18.2 Å². The van der Waals surface area contributed by atoms with Crippen LogP contribution in [0.5, 0.6) is 11.5 Å². The first kappa shape index (κ1) is 19.9. The molecule has 6 nitrogen and oxygen atoms in total. The molecule has 2 amide bonds. The Morgan fingerprint density at radius 1 is 1.04 bits per heavy atom. The van der Waals surface area contributed by atoms with Gasteiger partial charge in [0.2, 0.25) is 5.91 Å². The smallest absolute Gasteiger partial charge is 0.251 e. The van der Waals surface area contributed by atoms with Crippen LogP contribution in [-0.4, -0.2) is 38.1 Å². The van der Waals surface area contributed by atoms with Crippen LogP contribution in [0.15, 0.2) is 48.5 Å². The van der Waals surface area contributed by atoms with Gasteiger partial charge in [-0.25, -0.2) is 4.90 Å². The first-order chi connectivity index (χ1) is 13.6. The molecular formula is C22H26N2O4. The Morgan fingerprint density at radius 3 is 2.36 bits per heavy atom. The van der Waals surface area contributed by atoms with Crippen LogP contribution in [-0.2, 0) is 16.0 Å². The number of hydrogen-bond donors (Lipinski definition) is 1. The fourth-order valence-corrected chi connectivity index (χ4v) is 3.16. The molecule has 1 heterocycles. The zero-order chi connectivity index (χ0) is 19.9. The molecule has 0 saturated carbocycles. The minimum absolute atomic E-state index is 0.176. The van der Waals surface area contributed by atoms with E-state index in [2.05, 4.69) is 5.32 Å². The number of nitrogens with one attached hydrogen (secondary N) is 1. The van der Waals surface area contributed by atoms with E-state index in [1.807, 2.05) is 31.2 Å². The molecule has 0 bridgehead atoms. The van der Waals surface area contributed by atoms with Crippen LogP contribution in [0, 0.1) is 0 Å². The van der Waals surface area contributed by atoms with Crippen molar-refractivity contribution in [2.24, 2.45) is 0 Å². The summed E-state index contributed by atoms with van der Waals surface area (Å²) in [5.74, 6) is 1.16. The van der Waals surface area contributed by atoms with Crippen LogP contribution >= 0.6 is 0 Å². The molecular weight excluding hydrogens is 356 g/mol. The molecule has 0 spiro atoms. The highest BCUT2D eigenvalue weighted by atomic mass is 16.5. The molecule has 1 N–H and O–H groups in total. The summed E-state index contributed by atoms with van der Waals surface area (Å²) < 4.78 is 10.7. The zero-order valence-electron chi connectivity index (χ0n) is 16.3. The number of anilines is 1. The predicted molar refractivity (Wildman–Crippen MR) is 108 cm³/mol. The minimum atomic E-state index is -0.484. The third-order valence-corrected chi connectivity index (χ3v) is 4.68. The highest BCUT2D eigenvalue weighted by Crippen LogP contribution is 2.25. The van der Waals surface area contributed by atoms with Gasteiger partial charge in [0.05, 0.1) is 31.9 Å². The Kier molecular flexibility index (Phi) is 6.66. The Morgan fingerprint density at radius 2 is 1.71 bits per heavy atom. The standard InChI is InChI=1S/C22H26N2O4/c1-3-14-28-19-10-6-17(7-11-19)24-21(25)15-20(22(24)26)23-13-12-16-4-8-18(27-2)9-5-16/h4-11,20,23H,3,12-15H2,1-2H3. The summed E-state index contributed by atoms with van der Waals surface area (Å²) in [5, 5.41) is 3.21. The lowest BCUT2D eigenvalue weighted by Gasteiger charge is -2.16. The van der Waals surface area contributed by atoms with E-state index >= 15 is 0 Å². The molecule has 3 rings (SSSR count). The van der Waals surface area contributed by atoms with Crippen molar-refractivity contribution in [3.8, 4) is 11.5 Å². The summed E-state index contributed by atoms with van der Waals surface area (Å²) in [6.45, 7) is 3.30. The second-order valence-electron chi connectivity index (χ2n) is 6.72. The minimum Gasteiger partial charge on any atom is -0.497 e. The lowest BCUT2D eigenvalue weighted by Crippen LogP contribution is -2.39. The number of hydrogen-bond acceptors (Lipinski definition) is 5. The molecule has 0 aromatic heterocycles. The monoisotopic (exact) mass is 382 g/mol. The van der Waals surface area contributed by atoms with Crippen molar-refractivity contribution in [2.45, 2.75) is 32.2 Å². The van der Waals surface area contributed by atoms with Gasteiger partial charge in [0.1, 0.15) is 11.5 Å². The maximum atomic E-state index is 12.7. The molecule has 6 heteroatoms. The van der Waals surface area contributed by atoms with Gasteiger partial charge in [-0.1, -0.05) is 19.1 Å². The summed E-state index contributed by atoms with van der Waals surface area (Å²) >= 11 is 0. The molecule has 1 saturated heterocycles. The van der Waals surface area contributed by atoms with E-state index in [4.69, 9.17) is 9.47 Å². The number of nitrogens with zero attached hydrogens (tertiary/aromatic N) is 1. The Balaban J connectivity index is 1.55. The first-order valence-corrected chi connectivity index (χ1v) is 9.58. The van der Waals surface area contributed by atoms with E-state index < -0.39 is 6.04 Å². The van der Waals surface area contributed by atoms with Crippen molar-refractivity contribution in [3.63, 3.8) is 0 Å². The average molecular weight is 382 g/mol.